The van der Waals surface area contributed by atoms with Crippen LogP contribution in [0.1, 0.15) is 47.2 Å². The molecule has 8 nitrogen and oxygen atoms in total. The van der Waals surface area contributed by atoms with Gasteiger partial charge in [-0.3, -0.25) is 19.3 Å². The Balaban J connectivity index is 1.42. The molecule has 3 aromatic rings. The van der Waals surface area contributed by atoms with Crippen molar-refractivity contribution < 1.29 is 18.7 Å². The summed E-state index contributed by atoms with van der Waals surface area (Å²) in [7, 11) is 1.88. The van der Waals surface area contributed by atoms with E-state index >= 15 is 0 Å². The first-order valence-electron chi connectivity index (χ1n) is 11.6. The molecule has 1 amide bonds. The highest BCUT2D eigenvalue weighted by Crippen LogP contribution is 2.61. The standard InChI is InChI=1S/C24H23F2N5O3S/c1-3-30-23(34)19-21(33)20(32)15(11-31(19)29(2)24(30)7-6-12-8-16(12)24)22-28-27-18(35-22)9-13-4-5-14(25)10-17(13)26/h4-5,10-12,16,33H,3,6-9H2,1-2H3/t12-,16+,24?/m1/s1. The summed E-state index contributed by atoms with van der Waals surface area (Å²) in [6.07, 6.45) is 4.54. The topological polar surface area (TPSA) is 91.6 Å². The van der Waals surface area contributed by atoms with E-state index in [1.807, 2.05) is 19.0 Å². The van der Waals surface area contributed by atoms with Crippen molar-refractivity contribution in [3.8, 4) is 16.3 Å². The van der Waals surface area contributed by atoms with Gasteiger partial charge in [0.05, 0.1) is 5.56 Å². The first-order chi connectivity index (χ1) is 16.8. The molecule has 1 N–H and O–H groups in total. The lowest BCUT2D eigenvalue weighted by atomic mass is 9.97. The van der Waals surface area contributed by atoms with Crippen LogP contribution in [-0.2, 0) is 6.42 Å². The van der Waals surface area contributed by atoms with Gasteiger partial charge in [0, 0.05) is 38.2 Å². The van der Waals surface area contributed by atoms with Crippen LogP contribution in [0.4, 0.5) is 8.78 Å². The van der Waals surface area contributed by atoms with Crippen molar-refractivity contribution in [3.05, 3.63) is 62.5 Å². The van der Waals surface area contributed by atoms with E-state index in [2.05, 4.69) is 10.2 Å². The number of benzene rings is 1. The predicted molar refractivity (Wildman–Crippen MR) is 125 cm³/mol. The van der Waals surface area contributed by atoms with Crippen molar-refractivity contribution in [1.29, 1.82) is 0 Å². The van der Waals surface area contributed by atoms with Crippen molar-refractivity contribution >= 4 is 17.2 Å². The van der Waals surface area contributed by atoms with E-state index in [-0.39, 0.29) is 34.2 Å². The predicted octanol–water partition coefficient (Wildman–Crippen LogP) is 3.11. The molecule has 6 rings (SSSR count). The molecule has 35 heavy (non-hydrogen) atoms. The van der Waals surface area contributed by atoms with E-state index in [1.54, 1.807) is 15.8 Å². The number of fused-ring (bicyclic) bond motifs is 3. The second-order valence-electron chi connectivity index (χ2n) is 9.42. The molecule has 0 radical (unpaired) electrons. The Labute approximate surface area is 203 Å². The fourth-order valence-corrected chi connectivity index (χ4v) is 6.84. The minimum Gasteiger partial charge on any atom is -0.502 e. The van der Waals surface area contributed by atoms with E-state index in [1.165, 1.54) is 12.1 Å². The summed E-state index contributed by atoms with van der Waals surface area (Å²) in [6, 6.07) is 3.32. The molecule has 11 heteroatoms. The summed E-state index contributed by atoms with van der Waals surface area (Å²) in [5.74, 6) is -1.39. The van der Waals surface area contributed by atoms with Gasteiger partial charge in [-0.2, -0.15) is 0 Å². The van der Waals surface area contributed by atoms with Gasteiger partial charge in [0.1, 0.15) is 22.3 Å². The Bertz CT molecular complexity index is 1440. The minimum atomic E-state index is -0.712. The first-order valence-corrected chi connectivity index (χ1v) is 12.4. The van der Waals surface area contributed by atoms with Crippen LogP contribution in [0, 0.1) is 23.5 Å². The second kappa shape index (κ2) is 7.58. The Morgan fingerprint density at radius 2 is 2.06 bits per heavy atom. The van der Waals surface area contributed by atoms with E-state index < -0.39 is 28.5 Å². The maximum Gasteiger partial charge on any atom is 0.278 e. The van der Waals surface area contributed by atoms with Crippen molar-refractivity contribution in [2.24, 2.45) is 11.8 Å². The molecule has 182 valence electrons. The lowest BCUT2D eigenvalue weighted by Crippen LogP contribution is -2.69. The van der Waals surface area contributed by atoms with Gasteiger partial charge in [0.2, 0.25) is 5.43 Å². The molecule has 3 aliphatic rings. The summed E-state index contributed by atoms with van der Waals surface area (Å²) in [5.41, 5.74) is -0.896. The van der Waals surface area contributed by atoms with E-state index in [0.29, 0.717) is 23.4 Å². The molecule has 0 bridgehead atoms. The maximum absolute atomic E-state index is 14.1. The summed E-state index contributed by atoms with van der Waals surface area (Å²) in [5, 5.41) is 21.7. The molecule has 1 aromatic carbocycles. The van der Waals surface area contributed by atoms with Crippen molar-refractivity contribution in [1.82, 2.24) is 19.8 Å². The van der Waals surface area contributed by atoms with Crippen LogP contribution in [0.5, 0.6) is 5.75 Å². The third-order valence-electron chi connectivity index (χ3n) is 7.73. The van der Waals surface area contributed by atoms with Crippen LogP contribution in [-0.4, -0.2) is 50.0 Å². The number of pyridine rings is 1. The number of amides is 1. The second-order valence-corrected chi connectivity index (χ2v) is 10.5. The average Bonchev–Trinajstić information content (AvgIpc) is 3.32. The number of rotatable bonds is 4. The Morgan fingerprint density at radius 1 is 1.26 bits per heavy atom. The van der Waals surface area contributed by atoms with Crippen molar-refractivity contribution in [2.75, 3.05) is 18.6 Å². The summed E-state index contributed by atoms with van der Waals surface area (Å²) in [4.78, 5) is 28.4. The number of aromatic nitrogens is 3. The SMILES string of the molecule is CCN1C(=O)c2c(O)c(=O)c(-c3nnc(Cc4ccc(F)cc4F)s3)cn2N(C)C12CC[C@@H]1C[C@@H]12. The number of halogens is 2. The monoisotopic (exact) mass is 499 g/mol. The van der Waals surface area contributed by atoms with Crippen LogP contribution in [0.2, 0.25) is 0 Å². The summed E-state index contributed by atoms with van der Waals surface area (Å²) >= 11 is 1.09. The number of carbonyl (C=O) groups excluding carboxylic acids is 1. The van der Waals surface area contributed by atoms with Crippen molar-refractivity contribution in [2.45, 2.75) is 38.3 Å². The van der Waals surface area contributed by atoms with Gasteiger partial charge in [-0.1, -0.05) is 17.4 Å². The summed E-state index contributed by atoms with van der Waals surface area (Å²) in [6.45, 7) is 2.39. The largest absolute Gasteiger partial charge is 0.502 e. The van der Waals surface area contributed by atoms with E-state index in [0.717, 1.165) is 36.7 Å². The van der Waals surface area contributed by atoms with Gasteiger partial charge in [0.15, 0.2) is 16.5 Å². The molecule has 2 saturated carbocycles. The van der Waals surface area contributed by atoms with E-state index in [9.17, 15) is 23.5 Å². The zero-order chi connectivity index (χ0) is 24.6. The van der Waals surface area contributed by atoms with Crippen LogP contribution >= 0.6 is 11.3 Å². The Kier molecular flexibility index (Phi) is 4.79. The average molecular weight is 500 g/mol. The minimum absolute atomic E-state index is 0.0593. The molecular formula is C24H23F2N5O3S. The molecule has 3 atom stereocenters. The lowest BCUT2D eigenvalue weighted by molar-refractivity contribution is 0.0239. The van der Waals surface area contributed by atoms with Gasteiger partial charge in [-0.25, -0.2) is 8.78 Å². The van der Waals surface area contributed by atoms with Gasteiger partial charge in [-0.15, -0.1) is 10.2 Å². The third-order valence-corrected chi connectivity index (χ3v) is 8.69. The first kappa shape index (κ1) is 22.1. The highest BCUT2D eigenvalue weighted by atomic mass is 32.1. The fraction of sp³-hybridized carbons (Fsp3) is 0.417. The highest BCUT2D eigenvalue weighted by molar-refractivity contribution is 7.14. The highest BCUT2D eigenvalue weighted by Gasteiger charge is 2.65. The van der Waals surface area contributed by atoms with Gasteiger partial charge < -0.3 is 10.0 Å². The molecular weight excluding hydrogens is 476 g/mol. The maximum atomic E-state index is 14.1. The number of nitrogens with zero attached hydrogens (tertiary/aromatic N) is 5. The Hall–Kier alpha value is -3.34. The van der Waals surface area contributed by atoms with Gasteiger partial charge in [-0.05, 0) is 43.7 Å². The van der Waals surface area contributed by atoms with Gasteiger partial charge in [0.25, 0.3) is 5.91 Å². The van der Waals surface area contributed by atoms with Crippen LogP contribution < -0.4 is 10.4 Å². The van der Waals surface area contributed by atoms with E-state index in [4.69, 9.17) is 0 Å². The van der Waals surface area contributed by atoms with Crippen LogP contribution in [0.15, 0.2) is 29.2 Å². The van der Waals surface area contributed by atoms with Gasteiger partial charge >= 0.3 is 0 Å². The molecule has 2 aromatic heterocycles. The molecule has 2 aliphatic carbocycles. The molecule has 0 saturated heterocycles. The number of carbonyl (C=O) groups is 1. The molecule has 2 fully saturated rings. The Morgan fingerprint density at radius 3 is 2.71 bits per heavy atom. The van der Waals surface area contributed by atoms with Crippen molar-refractivity contribution in [3.63, 3.8) is 0 Å². The lowest BCUT2D eigenvalue weighted by Gasteiger charge is -2.53. The molecule has 1 aliphatic heterocycles. The quantitative estimate of drug-likeness (QED) is 0.593. The molecule has 1 spiro atoms. The number of hydrogen-bond acceptors (Lipinski definition) is 7. The number of hydrogen-bond donors (Lipinski definition) is 1. The zero-order valence-electron chi connectivity index (χ0n) is 19.2. The summed E-state index contributed by atoms with van der Waals surface area (Å²) < 4.78 is 28.9. The zero-order valence-corrected chi connectivity index (χ0v) is 20.0. The smallest absolute Gasteiger partial charge is 0.278 e. The fourth-order valence-electron chi connectivity index (χ4n) is 5.97. The molecule has 3 heterocycles. The number of aromatic hydroxyl groups is 1. The molecule has 1 unspecified atom stereocenters. The normalized spacial score (nSPS) is 24.7. The van der Waals surface area contributed by atoms with Crippen LogP contribution in [0.3, 0.4) is 0 Å². The van der Waals surface area contributed by atoms with Crippen LogP contribution in [0.25, 0.3) is 10.6 Å². The third kappa shape index (κ3) is 3.06.